The number of rotatable bonds is 4. The van der Waals surface area contributed by atoms with E-state index in [9.17, 15) is 8.42 Å². The van der Waals surface area contributed by atoms with E-state index < -0.39 is 9.05 Å². The molecular weight excluding hydrogens is 264 g/mol. The Morgan fingerprint density at radius 1 is 1.38 bits per heavy atom. The molecule has 0 aromatic heterocycles. The van der Waals surface area contributed by atoms with E-state index in [1.54, 1.807) is 30.8 Å². The van der Waals surface area contributed by atoms with Gasteiger partial charge in [0.2, 0.25) is 0 Å². The summed E-state index contributed by atoms with van der Waals surface area (Å²) >= 11 is 1.78. The van der Waals surface area contributed by atoms with Gasteiger partial charge in [0.25, 0.3) is 9.05 Å². The highest BCUT2D eigenvalue weighted by molar-refractivity contribution is 8.13. The highest BCUT2D eigenvalue weighted by Gasteiger charge is 2.15. The van der Waals surface area contributed by atoms with Crippen molar-refractivity contribution in [2.24, 2.45) is 0 Å². The average Bonchev–Trinajstić information content (AvgIpc) is 2.14. The van der Waals surface area contributed by atoms with E-state index in [0.29, 0.717) is 5.25 Å². The molecular formula is C11H15ClO2S2. The van der Waals surface area contributed by atoms with Crippen LogP contribution >= 0.6 is 22.4 Å². The molecule has 0 amide bonds. The largest absolute Gasteiger partial charge is 0.261 e. The number of hydrogen-bond acceptors (Lipinski definition) is 3. The molecule has 0 saturated heterocycles. The van der Waals surface area contributed by atoms with Gasteiger partial charge in [-0.05, 0) is 29.4 Å². The summed E-state index contributed by atoms with van der Waals surface area (Å²) in [6.07, 6.45) is 0. The normalized spacial score (nSPS) is 12.1. The maximum absolute atomic E-state index is 11.3. The van der Waals surface area contributed by atoms with Crippen molar-refractivity contribution >= 4 is 31.5 Å². The minimum Gasteiger partial charge on any atom is -0.207 e. The third-order valence-electron chi connectivity index (χ3n) is 2.23. The molecule has 0 atom stereocenters. The van der Waals surface area contributed by atoms with Gasteiger partial charge in [-0.15, -0.1) is 0 Å². The molecule has 0 heterocycles. The smallest absolute Gasteiger partial charge is 0.207 e. The van der Waals surface area contributed by atoms with Gasteiger partial charge in [0.15, 0.2) is 0 Å². The van der Waals surface area contributed by atoms with Crippen LogP contribution in [0.15, 0.2) is 23.1 Å². The summed E-state index contributed by atoms with van der Waals surface area (Å²) in [5, 5.41) is 0.524. The molecule has 0 N–H and O–H groups in total. The fourth-order valence-electron chi connectivity index (χ4n) is 1.34. The van der Waals surface area contributed by atoms with E-state index in [1.807, 2.05) is 6.07 Å². The van der Waals surface area contributed by atoms with Gasteiger partial charge in [-0.1, -0.05) is 26.0 Å². The molecule has 0 aliphatic heterocycles. The van der Waals surface area contributed by atoms with Gasteiger partial charge >= 0.3 is 0 Å². The third kappa shape index (κ3) is 3.68. The van der Waals surface area contributed by atoms with Crippen molar-refractivity contribution in [3.63, 3.8) is 0 Å². The fraction of sp³-hybridized carbons (Fsp3) is 0.455. The second kappa shape index (κ2) is 5.43. The van der Waals surface area contributed by atoms with E-state index >= 15 is 0 Å². The van der Waals surface area contributed by atoms with E-state index in [2.05, 4.69) is 13.8 Å². The first kappa shape index (κ1) is 13.9. The molecule has 0 saturated carbocycles. The zero-order chi connectivity index (χ0) is 12.3. The van der Waals surface area contributed by atoms with Crippen LogP contribution < -0.4 is 0 Å². The van der Waals surface area contributed by atoms with Gasteiger partial charge in [-0.2, -0.15) is 11.8 Å². The lowest BCUT2D eigenvalue weighted by Crippen LogP contribution is -1.99. The number of thioether (sulfide) groups is 1. The lowest BCUT2D eigenvalue weighted by atomic mass is 10.1. The summed E-state index contributed by atoms with van der Waals surface area (Å²) in [4.78, 5) is 0.219. The zero-order valence-electron chi connectivity index (χ0n) is 9.53. The van der Waals surface area contributed by atoms with Gasteiger partial charge in [0.05, 0.1) is 4.90 Å². The standard InChI is InChI=1S/C11H15ClO2S2/c1-8(2)15-7-10-5-4-6-11(9(10)3)16(12,13)14/h4-6,8H,7H2,1-3H3. The van der Waals surface area contributed by atoms with Crippen LogP contribution in [0.2, 0.25) is 0 Å². The van der Waals surface area contributed by atoms with Gasteiger partial charge in [0.1, 0.15) is 0 Å². The first-order chi connectivity index (χ1) is 7.32. The summed E-state index contributed by atoms with van der Waals surface area (Å²) in [5.74, 6) is 0.809. The first-order valence-electron chi connectivity index (χ1n) is 4.97. The molecule has 1 aromatic carbocycles. The molecule has 16 heavy (non-hydrogen) atoms. The highest BCUT2D eigenvalue weighted by Crippen LogP contribution is 2.26. The molecule has 5 heteroatoms. The number of halogens is 1. The lowest BCUT2D eigenvalue weighted by Gasteiger charge is -2.10. The van der Waals surface area contributed by atoms with Crippen molar-refractivity contribution in [3.8, 4) is 0 Å². The van der Waals surface area contributed by atoms with Crippen LogP contribution in [0.1, 0.15) is 25.0 Å². The van der Waals surface area contributed by atoms with Gasteiger partial charge in [-0.25, -0.2) is 8.42 Å². The fourth-order valence-corrected chi connectivity index (χ4v) is 3.40. The summed E-state index contributed by atoms with van der Waals surface area (Å²) < 4.78 is 22.6. The van der Waals surface area contributed by atoms with E-state index in [1.165, 1.54) is 0 Å². The SMILES string of the molecule is Cc1c(CSC(C)C)cccc1S(=O)(=O)Cl. The quantitative estimate of drug-likeness (QED) is 0.790. The molecule has 0 bridgehead atoms. The summed E-state index contributed by atoms with van der Waals surface area (Å²) in [5.41, 5.74) is 1.78. The van der Waals surface area contributed by atoms with Crippen LogP contribution in [-0.4, -0.2) is 13.7 Å². The highest BCUT2D eigenvalue weighted by atomic mass is 35.7. The predicted octanol–water partition coefficient (Wildman–Crippen LogP) is 3.56. The molecule has 0 fully saturated rings. The molecule has 1 rings (SSSR count). The maximum atomic E-state index is 11.3. The third-order valence-corrected chi connectivity index (χ3v) is 4.84. The Kier molecular flexibility index (Phi) is 4.71. The van der Waals surface area contributed by atoms with Crippen LogP contribution in [0.4, 0.5) is 0 Å². The summed E-state index contributed by atoms with van der Waals surface area (Å²) in [6.45, 7) is 6.02. The van der Waals surface area contributed by atoms with Crippen molar-refractivity contribution in [1.82, 2.24) is 0 Å². The van der Waals surface area contributed by atoms with Crippen molar-refractivity contribution in [2.75, 3.05) is 0 Å². The second-order valence-electron chi connectivity index (χ2n) is 3.84. The summed E-state index contributed by atoms with van der Waals surface area (Å²) in [6, 6.07) is 5.22. The maximum Gasteiger partial charge on any atom is 0.261 e. The Hall–Kier alpha value is -0.190. The number of benzene rings is 1. The van der Waals surface area contributed by atoms with E-state index in [4.69, 9.17) is 10.7 Å². The van der Waals surface area contributed by atoms with Crippen LogP contribution in [0, 0.1) is 6.92 Å². The van der Waals surface area contributed by atoms with Crippen molar-refractivity contribution in [2.45, 2.75) is 36.7 Å². The summed E-state index contributed by atoms with van der Waals surface area (Å²) in [7, 11) is 1.73. The molecule has 0 aliphatic carbocycles. The Morgan fingerprint density at radius 2 is 2.00 bits per heavy atom. The van der Waals surface area contributed by atoms with Gasteiger partial charge in [0, 0.05) is 16.4 Å². The molecule has 0 spiro atoms. The Morgan fingerprint density at radius 3 is 2.50 bits per heavy atom. The molecule has 2 nitrogen and oxygen atoms in total. The van der Waals surface area contributed by atoms with E-state index in [-0.39, 0.29) is 4.90 Å². The van der Waals surface area contributed by atoms with Crippen molar-refractivity contribution in [3.05, 3.63) is 29.3 Å². The first-order valence-corrected chi connectivity index (χ1v) is 8.33. The van der Waals surface area contributed by atoms with Gasteiger partial charge < -0.3 is 0 Å². The number of hydrogen-bond donors (Lipinski definition) is 0. The molecule has 90 valence electrons. The van der Waals surface area contributed by atoms with Crippen molar-refractivity contribution in [1.29, 1.82) is 0 Å². The van der Waals surface area contributed by atoms with Gasteiger partial charge in [-0.3, -0.25) is 0 Å². The predicted molar refractivity (Wildman–Crippen MR) is 70.6 cm³/mol. The molecule has 0 aliphatic rings. The second-order valence-corrected chi connectivity index (χ2v) is 7.94. The zero-order valence-corrected chi connectivity index (χ0v) is 11.9. The Bertz CT molecular complexity index is 467. The Labute approximate surface area is 106 Å². The Balaban J connectivity index is 3.05. The molecule has 1 aromatic rings. The van der Waals surface area contributed by atoms with Crippen LogP contribution in [-0.2, 0) is 14.8 Å². The van der Waals surface area contributed by atoms with Crippen LogP contribution in [0.25, 0.3) is 0 Å². The average molecular weight is 279 g/mol. The lowest BCUT2D eigenvalue weighted by molar-refractivity contribution is 0.609. The van der Waals surface area contributed by atoms with Crippen molar-refractivity contribution < 1.29 is 8.42 Å². The molecule has 0 radical (unpaired) electrons. The molecule has 0 unspecified atom stereocenters. The monoisotopic (exact) mass is 278 g/mol. The minimum atomic E-state index is -3.63. The van der Waals surface area contributed by atoms with E-state index in [0.717, 1.165) is 16.9 Å². The topological polar surface area (TPSA) is 34.1 Å². The minimum absolute atomic E-state index is 0.219. The van der Waals surface area contributed by atoms with Crippen LogP contribution in [0.3, 0.4) is 0 Å². The van der Waals surface area contributed by atoms with Crippen LogP contribution in [0.5, 0.6) is 0 Å².